The maximum absolute atomic E-state index is 13.4. The molecule has 2 aliphatic rings. The second-order valence-corrected chi connectivity index (χ2v) is 9.09. The molecule has 1 saturated heterocycles. The number of nitrogens with one attached hydrogen (secondary N) is 1. The van der Waals surface area contributed by atoms with Gasteiger partial charge in [0.25, 0.3) is 5.91 Å². The first-order chi connectivity index (χ1) is 14.9. The number of rotatable bonds is 6. The fourth-order valence-corrected chi connectivity index (χ4v) is 5.03. The number of benzene rings is 1. The lowest BCUT2D eigenvalue weighted by atomic mass is 9.79. The van der Waals surface area contributed by atoms with Crippen LogP contribution in [0.25, 0.3) is 0 Å². The van der Waals surface area contributed by atoms with E-state index in [2.05, 4.69) is 21.3 Å². The SMILES string of the molecule is Cc1cccc(CN2CCC(NC(=O)C(O)(c3ccccc3)C3CCC(O)C3)CC2)n1. The van der Waals surface area contributed by atoms with E-state index in [0.29, 0.717) is 24.8 Å². The van der Waals surface area contributed by atoms with Gasteiger partial charge >= 0.3 is 0 Å². The van der Waals surface area contributed by atoms with Crippen molar-refractivity contribution >= 4 is 5.91 Å². The molecule has 1 amide bonds. The summed E-state index contributed by atoms with van der Waals surface area (Å²) in [6.07, 6.45) is 2.94. The number of carbonyl (C=O) groups excluding carboxylic acids is 1. The maximum Gasteiger partial charge on any atom is 0.257 e. The van der Waals surface area contributed by atoms with E-state index in [1.165, 1.54) is 0 Å². The smallest absolute Gasteiger partial charge is 0.257 e. The van der Waals surface area contributed by atoms with Gasteiger partial charge in [0.15, 0.2) is 5.60 Å². The largest absolute Gasteiger partial charge is 0.393 e. The molecule has 1 aromatic heterocycles. The second-order valence-electron chi connectivity index (χ2n) is 9.09. The minimum Gasteiger partial charge on any atom is -0.393 e. The Bertz CT molecular complexity index is 883. The van der Waals surface area contributed by atoms with Gasteiger partial charge in [0.1, 0.15) is 0 Å². The summed E-state index contributed by atoms with van der Waals surface area (Å²) in [5.41, 5.74) is 1.09. The Morgan fingerprint density at radius 3 is 2.48 bits per heavy atom. The van der Waals surface area contributed by atoms with Crippen LogP contribution < -0.4 is 5.32 Å². The zero-order valence-electron chi connectivity index (χ0n) is 18.2. The van der Waals surface area contributed by atoms with E-state index >= 15 is 0 Å². The molecule has 3 atom stereocenters. The van der Waals surface area contributed by atoms with E-state index in [9.17, 15) is 15.0 Å². The van der Waals surface area contributed by atoms with Crippen molar-refractivity contribution in [2.24, 2.45) is 5.92 Å². The zero-order chi connectivity index (χ0) is 21.8. The Kier molecular flexibility index (Phi) is 6.70. The quantitative estimate of drug-likeness (QED) is 0.665. The van der Waals surface area contributed by atoms with Gasteiger partial charge in [-0.25, -0.2) is 0 Å². The number of aliphatic hydroxyl groups excluding tert-OH is 1. The molecule has 0 spiro atoms. The molecule has 166 valence electrons. The predicted molar refractivity (Wildman–Crippen MR) is 119 cm³/mol. The first kappa shape index (κ1) is 21.9. The number of carbonyl (C=O) groups is 1. The molecule has 1 saturated carbocycles. The van der Waals surface area contributed by atoms with Crippen LogP contribution in [0.3, 0.4) is 0 Å². The summed E-state index contributed by atoms with van der Waals surface area (Å²) in [5, 5.41) is 24.8. The summed E-state index contributed by atoms with van der Waals surface area (Å²) >= 11 is 0. The van der Waals surface area contributed by atoms with Gasteiger partial charge in [-0.1, -0.05) is 36.4 Å². The van der Waals surface area contributed by atoms with Crippen LogP contribution in [0.2, 0.25) is 0 Å². The van der Waals surface area contributed by atoms with Crippen molar-refractivity contribution in [3.63, 3.8) is 0 Å². The van der Waals surface area contributed by atoms with Crippen LogP contribution in [0.5, 0.6) is 0 Å². The molecule has 2 fully saturated rings. The average Bonchev–Trinajstić information content (AvgIpc) is 3.22. The van der Waals surface area contributed by atoms with Gasteiger partial charge in [0.2, 0.25) is 0 Å². The van der Waals surface area contributed by atoms with E-state index in [1.54, 1.807) is 0 Å². The van der Waals surface area contributed by atoms with Crippen LogP contribution in [0.1, 0.15) is 49.1 Å². The fraction of sp³-hybridized carbons (Fsp3) is 0.520. The number of hydrogen-bond donors (Lipinski definition) is 3. The van der Waals surface area contributed by atoms with Gasteiger partial charge in [0.05, 0.1) is 11.8 Å². The summed E-state index contributed by atoms with van der Waals surface area (Å²) in [5.74, 6) is -0.617. The van der Waals surface area contributed by atoms with E-state index in [1.807, 2.05) is 49.4 Å². The van der Waals surface area contributed by atoms with Crippen LogP contribution in [-0.2, 0) is 16.9 Å². The molecule has 4 rings (SSSR count). The van der Waals surface area contributed by atoms with Crippen molar-refractivity contribution in [3.8, 4) is 0 Å². The molecular formula is C25H33N3O3. The van der Waals surface area contributed by atoms with Crippen LogP contribution in [0.15, 0.2) is 48.5 Å². The van der Waals surface area contributed by atoms with Gasteiger partial charge in [-0.3, -0.25) is 14.7 Å². The predicted octanol–water partition coefficient (Wildman–Crippen LogP) is 2.52. The summed E-state index contributed by atoms with van der Waals surface area (Å²) < 4.78 is 0. The first-order valence-corrected chi connectivity index (χ1v) is 11.4. The van der Waals surface area contributed by atoms with Gasteiger partial charge < -0.3 is 15.5 Å². The molecule has 31 heavy (non-hydrogen) atoms. The second kappa shape index (κ2) is 9.47. The van der Waals surface area contributed by atoms with Gasteiger partial charge in [0, 0.05) is 37.3 Å². The number of hydrogen-bond acceptors (Lipinski definition) is 5. The lowest BCUT2D eigenvalue weighted by Gasteiger charge is -2.37. The van der Waals surface area contributed by atoms with Crippen molar-refractivity contribution in [1.82, 2.24) is 15.2 Å². The van der Waals surface area contributed by atoms with Crippen molar-refractivity contribution in [2.75, 3.05) is 13.1 Å². The Morgan fingerprint density at radius 2 is 1.84 bits per heavy atom. The van der Waals surface area contributed by atoms with E-state index in [4.69, 9.17) is 0 Å². The maximum atomic E-state index is 13.4. The molecule has 3 unspecified atom stereocenters. The highest BCUT2D eigenvalue weighted by Crippen LogP contribution is 2.41. The molecule has 2 heterocycles. The van der Waals surface area contributed by atoms with Gasteiger partial charge in [-0.15, -0.1) is 0 Å². The van der Waals surface area contributed by atoms with Crippen molar-refractivity contribution in [2.45, 2.75) is 63.3 Å². The summed E-state index contributed by atoms with van der Waals surface area (Å²) in [6.45, 7) is 4.58. The standard InChI is InChI=1S/C25H33N3O3/c1-18-6-5-9-22(26-18)17-28-14-12-21(13-15-28)27-24(30)25(31,19-7-3-2-4-8-19)20-10-11-23(29)16-20/h2-9,20-21,23,29,31H,10-17H2,1H3,(H,27,30). The van der Waals surface area contributed by atoms with Crippen LogP contribution >= 0.6 is 0 Å². The van der Waals surface area contributed by atoms with E-state index in [0.717, 1.165) is 43.9 Å². The van der Waals surface area contributed by atoms with Gasteiger partial charge in [-0.05, 0) is 56.7 Å². The molecule has 0 bridgehead atoms. The Hall–Kier alpha value is -2.28. The lowest BCUT2D eigenvalue weighted by molar-refractivity contribution is -0.149. The van der Waals surface area contributed by atoms with Gasteiger partial charge in [-0.2, -0.15) is 0 Å². The molecule has 2 aromatic rings. The number of piperidine rings is 1. The third-order valence-corrected chi connectivity index (χ3v) is 6.81. The van der Waals surface area contributed by atoms with Crippen molar-refractivity contribution in [3.05, 3.63) is 65.5 Å². The number of nitrogens with zero attached hydrogens (tertiary/aromatic N) is 2. The third-order valence-electron chi connectivity index (χ3n) is 6.81. The molecule has 6 nitrogen and oxygen atoms in total. The number of aliphatic hydroxyl groups is 2. The first-order valence-electron chi connectivity index (χ1n) is 11.4. The van der Waals surface area contributed by atoms with Crippen molar-refractivity contribution < 1.29 is 15.0 Å². The number of aromatic nitrogens is 1. The Labute approximate surface area is 184 Å². The number of pyridine rings is 1. The molecule has 1 aromatic carbocycles. The van der Waals surface area contributed by atoms with Crippen LogP contribution in [0.4, 0.5) is 0 Å². The monoisotopic (exact) mass is 423 g/mol. The number of likely N-dealkylation sites (tertiary alicyclic amines) is 1. The minimum atomic E-state index is -1.61. The summed E-state index contributed by atoms with van der Waals surface area (Å²) in [6, 6.07) is 15.3. The van der Waals surface area contributed by atoms with Crippen molar-refractivity contribution in [1.29, 1.82) is 0 Å². The number of amides is 1. The summed E-state index contributed by atoms with van der Waals surface area (Å²) in [7, 11) is 0. The molecule has 3 N–H and O–H groups in total. The summed E-state index contributed by atoms with van der Waals surface area (Å²) in [4.78, 5) is 20.3. The third kappa shape index (κ3) is 4.97. The Morgan fingerprint density at radius 1 is 1.10 bits per heavy atom. The minimum absolute atomic E-state index is 0.0378. The Balaban J connectivity index is 1.39. The zero-order valence-corrected chi connectivity index (χ0v) is 18.2. The molecular weight excluding hydrogens is 390 g/mol. The lowest BCUT2D eigenvalue weighted by Crippen LogP contribution is -2.54. The topological polar surface area (TPSA) is 85.7 Å². The highest BCUT2D eigenvalue weighted by Gasteiger charge is 2.48. The normalized spacial score (nSPS) is 24.6. The fourth-order valence-electron chi connectivity index (χ4n) is 5.03. The average molecular weight is 424 g/mol. The highest BCUT2D eigenvalue weighted by atomic mass is 16.3. The van der Waals surface area contributed by atoms with E-state index in [-0.39, 0.29) is 17.9 Å². The van der Waals surface area contributed by atoms with E-state index < -0.39 is 11.7 Å². The molecule has 0 radical (unpaired) electrons. The molecule has 6 heteroatoms. The van der Waals surface area contributed by atoms with Crippen LogP contribution in [0, 0.1) is 12.8 Å². The molecule has 1 aliphatic carbocycles. The highest BCUT2D eigenvalue weighted by molar-refractivity contribution is 5.87. The molecule has 1 aliphatic heterocycles. The van der Waals surface area contributed by atoms with Crippen LogP contribution in [-0.4, -0.2) is 51.2 Å². The number of aryl methyl sites for hydroxylation is 1.